The summed E-state index contributed by atoms with van der Waals surface area (Å²) in [6.07, 6.45) is 2.49. The number of phenols is 1. The molecule has 1 heterocycles. The van der Waals surface area contributed by atoms with Crippen LogP contribution >= 0.6 is 11.6 Å². The van der Waals surface area contributed by atoms with E-state index in [0.717, 1.165) is 25.2 Å². The first-order valence-electron chi connectivity index (χ1n) is 6.05. The molecule has 0 aromatic heterocycles. The van der Waals surface area contributed by atoms with Crippen molar-refractivity contribution in [3.05, 3.63) is 28.8 Å². The lowest BCUT2D eigenvalue weighted by molar-refractivity contribution is 0.196. The van der Waals surface area contributed by atoms with Gasteiger partial charge in [-0.15, -0.1) is 0 Å². The minimum absolute atomic E-state index is 0.150. The van der Waals surface area contributed by atoms with Crippen molar-refractivity contribution in [1.82, 2.24) is 10.2 Å². The van der Waals surface area contributed by atoms with Crippen LogP contribution in [0.1, 0.15) is 18.4 Å². The molecule has 1 atom stereocenters. The van der Waals surface area contributed by atoms with Crippen LogP contribution in [0.15, 0.2) is 18.2 Å². The van der Waals surface area contributed by atoms with Crippen LogP contribution in [0.5, 0.6) is 5.75 Å². The molecule has 0 radical (unpaired) electrons. The molecule has 1 fully saturated rings. The number of nitrogens with zero attached hydrogens (tertiary/aromatic N) is 1. The summed E-state index contributed by atoms with van der Waals surface area (Å²) in [4.78, 5) is 2.34. The van der Waals surface area contributed by atoms with Crippen LogP contribution in [-0.2, 0) is 6.54 Å². The molecular formula is C13H19ClN2O. The number of hydrogen-bond acceptors (Lipinski definition) is 3. The van der Waals surface area contributed by atoms with Crippen LogP contribution in [0.25, 0.3) is 0 Å². The van der Waals surface area contributed by atoms with Crippen LogP contribution in [-0.4, -0.2) is 36.2 Å². The molecule has 0 saturated carbocycles. The molecule has 0 amide bonds. The van der Waals surface area contributed by atoms with Crippen molar-refractivity contribution < 1.29 is 5.11 Å². The molecule has 1 aromatic carbocycles. The van der Waals surface area contributed by atoms with Crippen LogP contribution in [0.3, 0.4) is 0 Å². The van der Waals surface area contributed by atoms with E-state index in [1.807, 2.05) is 12.1 Å². The molecule has 3 nitrogen and oxygen atoms in total. The average molecular weight is 255 g/mol. The zero-order valence-corrected chi connectivity index (χ0v) is 10.9. The molecule has 2 N–H and O–H groups in total. The minimum atomic E-state index is 0.150. The molecule has 1 aromatic rings. The van der Waals surface area contributed by atoms with Crippen LogP contribution in [0.4, 0.5) is 0 Å². The highest BCUT2D eigenvalue weighted by molar-refractivity contribution is 6.32. The molecule has 4 heteroatoms. The van der Waals surface area contributed by atoms with Gasteiger partial charge in [0.2, 0.25) is 0 Å². The highest BCUT2D eigenvalue weighted by Gasteiger charge is 2.17. The number of rotatable bonds is 3. The quantitative estimate of drug-likeness (QED) is 0.868. The van der Waals surface area contributed by atoms with Gasteiger partial charge in [-0.05, 0) is 44.1 Å². The Bertz CT molecular complexity index is 378. The van der Waals surface area contributed by atoms with Gasteiger partial charge in [0.15, 0.2) is 0 Å². The van der Waals surface area contributed by atoms with Gasteiger partial charge in [0, 0.05) is 19.1 Å². The van der Waals surface area contributed by atoms with Crippen molar-refractivity contribution in [2.24, 2.45) is 0 Å². The first-order chi connectivity index (χ1) is 8.16. The summed E-state index contributed by atoms with van der Waals surface area (Å²) in [5, 5.41) is 13.2. The van der Waals surface area contributed by atoms with Crippen LogP contribution < -0.4 is 5.32 Å². The molecule has 1 unspecified atom stereocenters. The van der Waals surface area contributed by atoms with Crippen molar-refractivity contribution in [1.29, 1.82) is 0 Å². The predicted molar refractivity (Wildman–Crippen MR) is 70.5 cm³/mol. The summed E-state index contributed by atoms with van der Waals surface area (Å²) in [6.45, 7) is 3.06. The number of piperidine rings is 1. The molecule has 1 saturated heterocycles. The Kier molecular flexibility index (Phi) is 4.26. The molecule has 1 aliphatic heterocycles. The van der Waals surface area contributed by atoms with E-state index in [1.165, 1.54) is 12.8 Å². The Hall–Kier alpha value is -0.770. The Morgan fingerprint density at radius 3 is 3.00 bits per heavy atom. The molecule has 0 aliphatic carbocycles. The number of likely N-dealkylation sites (N-methyl/N-ethyl adjacent to an activating group) is 1. The number of aromatic hydroxyl groups is 1. The van der Waals surface area contributed by atoms with Gasteiger partial charge in [-0.1, -0.05) is 17.7 Å². The maximum Gasteiger partial charge on any atom is 0.134 e. The van der Waals surface area contributed by atoms with Crippen molar-refractivity contribution in [3.63, 3.8) is 0 Å². The van der Waals surface area contributed by atoms with E-state index in [1.54, 1.807) is 6.07 Å². The topological polar surface area (TPSA) is 35.5 Å². The number of nitrogens with one attached hydrogen (secondary N) is 1. The molecular weight excluding hydrogens is 236 g/mol. The van der Waals surface area contributed by atoms with Gasteiger partial charge in [-0.3, -0.25) is 4.90 Å². The van der Waals surface area contributed by atoms with E-state index in [4.69, 9.17) is 11.6 Å². The highest BCUT2D eigenvalue weighted by Crippen LogP contribution is 2.24. The zero-order chi connectivity index (χ0) is 12.3. The van der Waals surface area contributed by atoms with E-state index in [2.05, 4.69) is 17.3 Å². The third-order valence-corrected chi connectivity index (χ3v) is 3.64. The first kappa shape index (κ1) is 12.7. The first-order valence-corrected chi connectivity index (χ1v) is 6.43. The summed E-state index contributed by atoms with van der Waals surface area (Å²) in [5.41, 5.74) is 1.14. The largest absolute Gasteiger partial charge is 0.506 e. The summed E-state index contributed by atoms with van der Waals surface area (Å²) in [7, 11) is 2.14. The summed E-state index contributed by atoms with van der Waals surface area (Å²) in [5.74, 6) is 0.150. The van der Waals surface area contributed by atoms with Gasteiger partial charge >= 0.3 is 0 Å². The van der Waals surface area contributed by atoms with Gasteiger partial charge in [0.05, 0.1) is 5.02 Å². The summed E-state index contributed by atoms with van der Waals surface area (Å²) in [6, 6.07) is 6.01. The minimum Gasteiger partial charge on any atom is -0.506 e. The molecule has 94 valence electrons. The second kappa shape index (κ2) is 5.71. The maximum atomic E-state index is 9.37. The lowest BCUT2D eigenvalue weighted by Crippen LogP contribution is -2.43. The number of halogens is 1. The Morgan fingerprint density at radius 2 is 2.35 bits per heavy atom. The van der Waals surface area contributed by atoms with Crippen molar-refractivity contribution >= 4 is 11.6 Å². The number of phenolic OH excluding ortho intramolecular Hbond substituents is 1. The lowest BCUT2D eigenvalue weighted by Gasteiger charge is -2.31. The summed E-state index contributed by atoms with van der Waals surface area (Å²) >= 11 is 5.90. The fourth-order valence-electron chi connectivity index (χ4n) is 2.28. The normalized spacial score (nSPS) is 20.8. The SMILES string of the molecule is CN(Cc1ccc(O)c(Cl)c1)C1CCCNC1. The van der Waals surface area contributed by atoms with Gasteiger partial charge < -0.3 is 10.4 Å². The second-order valence-corrected chi connectivity index (χ2v) is 5.11. The molecule has 0 spiro atoms. The molecule has 1 aliphatic rings. The highest BCUT2D eigenvalue weighted by atomic mass is 35.5. The van der Waals surface area contributed by atoms with E-state index in [-0.39, 0.29) is 5.75 Å². The third-order valence-electron chi connectivity index (χ3n) is 3.34. The van der Waals surface area contributed by atoms with Crippen molar-refractivity contribution in [2.75, 3.05) is 20.1 Å². The lowest BCUT2D eigenvalue weighted by atomic mass is 10.1. The fraction of sp³-hybridized carbons (Fsp3) is 0.538. The summed E-state index contributed by atoms with van der Waals surface area (Å²) < 4.78 is 0. The molecule has 0 bridgehead atoms. The van der Waals surface area contributed by atoms with Gasteiger partial charge in [0.25, 0.3) is 0 Å². The molecule has 17 heavy (non-hydrogen) atoms. The predicted octanol–water partition coefficient (Wildman–Crippen LogP) is 2.23. The Labute approximate surface area is 107 Å². The maximum absolute atomic E-state index is 9.37. The Balaban J connectivity index is 1.96. The van der Waals surface area contributed by atoms with Crippen LogP contribution in [0, 0.1) is 0 Å². The average Bonchev–Trinajstić information content (AvgIpc) is 2.35. The van der Waals surface area contributed by atoms with Crippen molar-refractivity contribution in [2.45, 2.75) is 25.4 Å². The van der Waals surface area contributed by atoms with E-state index < -0.39 is 0 Å². The number of benzene rings is 1. The third kappa shape index (κ3) is 3.35. The van der Waals surface area contributed by atoms with E-state index >= 15 is 0 Å². The second-order valence-electron chi connectivity index (χ2n) is 4.70. The van der Waals surface area contributed by atoms with Gasteiger partial charge in [-0.2, -0.15) is 0 Å². The fourth-order valence-corrected chi connectivity index (χ4v) is 2.48. The van der Waals surface area contributed by atoms with E-state index in [0.29, 0.717) is 11.1 Å². The monoisotopic (exact) mass is 254 g/mol. The van der Waals surface area contributed by atoms with Gasteiger partial charge in [-0.25, -0.2) is 0 Å². The van der Waals surface area contributed by atoms with Crippen LogP contribution in [0.2, 0.25) is 5.02 Å². The molecule has 2 rings (SSSR count). The smallest absolute Gasteiger partial charge is 0.134 e. The number of hydrogen-bond donors (Lipinski definition) is 2. The Morgan fingerprint density at radius 1 is 1.53 bits per heavy atom. The van der Waals surface area contributed by atoms with Crippen molar-refractivity contribution in [3.8, 4) is 5.75 Å². The zero-order valence-electron chi connectivity index (χ0n) is 10.1. The standard InChI is InChI=1S/C13H19ClN2O/c1-16(11-3-2-6-15-8-11)9-10-4-5-13(17)12(14)7-10/h4-5,7,11,15,17H,2-3,6,8-9H2,1H3. The van der Waals surface area contributed by atoms with E-state index in [9.17, 15) is 5.11 Å². The van der Waals surface area contributed by atoms with Gasteiger partial charge in [0.1, 0.15) is 5.75 Å².